The summed E-state index contributed by atoms with van der Waals surface area (Å²) in [5.41, 5.74) is 2.40. The van der Waals surface area contributed by atoms with Gasteiger partial charge in [0.05, 0.1) is 18.1 Å². The van der Waals surface area contributed by atoms with Crippen LogP contribution in [0.1, 0.15) is 31.9 Å². The van der Waals surface area contributed by atoms with E-state index in [2.05, 4.69) is 14.9 Å². The number of amides is 1. The second-order valence-corrected chi connectivity index (χ2v) is 8.88. The molecule has 0 N–H and O–H groups in total. The number of piperazine rings is 1. The Balaban J connectivity index is 1.47. The molecule has 7 nitrogen and oxygen atoms in total. The minimum absolute atomic E-state index is 0.271. The molecule has 0 radical (unpaired) electrons. The van der Waals surface area contributed by atoms with Gasteiger partial charge in [-0.05, 0) is 20.8 Å². The average molecular weight is 444 g/mol. The lowest BCUT2D eigenvalue weighted by Crippen LogP contribution is -2.50. The van der Waals surface area contributed by atoms with Gasteiger partial charge in [0, 0.05) is 37.3 Å². The molecule has 4 rings (SSSR count). The van der Waals surface area contributed by atoms with Gasteiger partial charge in [-0.2, -0.15) is 0 Å². The van der Waals surface area contributed by atoms with Crippen LogP contribution in [0.5, 0.6) is 0 Å². The highest BCUT2D eigenvalue weighted by atomic mass is 16.6. The van der Waals surface area contributed by atoms with Crippen LogP contribution in [0.3, 0.4) is 0 Å². The first kappa shape index (κ1) is 22.5. The van der Waals surface area contributed by atoms with Gasteiger partial charge in [-0.1, -0.05) is 60.7 Å². The van der Waals surface area contributed by atoms with Crippen LogP contribution in [0.15, 0.2) is 78.0 Å². The normalized spacial score (nSPS) is 14.0. The number of anilines is 1. The van der Waals surface area contributed by atoms with Crippen molar-refractivity contribution < 1.29 is 9.53 Å². The third-order valence-electron chi connectivity index (χ3n) is 5.20. The van der Waals surface area contributed by atoms with Crippen molar-refractivity contribution in [1.29, 1.82) is 0 Å². The van der Waals surface area contributed by atoms with Crippen LogP contribution in [-0.2, 0) is 4.74 Å². The molecule has 2 aromatic carbocycles. The number of carbonyl (C=O) groups excluding carboxylic acids is 1. The summed E-state index contributed by atoms with van der Waals surface area (Å²) in [7, 11) is 0. The highest BCUT2D eigenvalue weighted by molar-refractivity contribution is 6.13. The highest BCUT2D eigenvalue weighted by Gasteiger charge is 2.26. The van der Waals surface area contributed by atoms with E-state index in [1.54, 1.807) is 17.3 Å². The second kappa shape index (κ2) is 9.81. The smallest absolute Gasteiger partial charge is 0.410 e. The Morgan fingerprint density at radius 1 is 0.848 bits per heavy atom. The first-order chi connectivity index (χ1) is 15.9. The van der Waals surface area contributed by atoms with Crippen molar-refractivity contribution in [1.82, 2.24) is 14.9 Å². The van der Waals surface area contributed by atoms with Gasteiger partial charge in [0.15, 0.2) is 5.82 Å². The molecule has 0 bridgehead atoms. The molecule has 1 fully saturated rings. The molecule has 1 aliphatic rings. The van der Waals surface area contributed by atoms with Crippen LogP contribution in [0.2, 0.25) is 0 Å². The van der Waals surface area contributed by atoms with E-state index in [4.69, 9.17) is 9.73 Å². The molecule has 1 saturated heterocycles. The Labute approximate surface area is 194 Å². The average Bonchev–Trinajstić information content (AvgIpc) is 2.83. The fraction of sp³-hybridized carbons (Fsp3) is 0.308. The Morgan fingerprint density at radius 2 is 1.42 bits per heavy atom. The Kier molecular flexibility index (Phi) is 6.68. The maximum atomic E-state index is 12.3. The highest BCUT2D eigenvalue weighted by Crippen LogP contribution is 2.19. The van der Waals surface area contributed by atoms with Gasteiger partial charge in [0.25, 0.3) is 0 Å². The summed E-state index contributed by atoms with van der Waals surface area (Å²) in [4.78, 5) is 30.1. The van der Waals surface area contributed by atoms with Crippen LogP contribution in [0, 0.1) is 0 Å². The van der Waals surface area contributed by atoms with Crippen LogP contribution in [0.4, 0.5) is 16.4 Å². The molecule has 0 spiro atoms. The zero-order valence-corrected chi connectivity index (χ0v) is 19.3. The Bertz CT molecular complexity index is 1040. The van der Waals surface area contributed by atoms with E-state index >= 15 is 0 Å². The van der Waals surface area contributed by atoms with Crippen molar-refractivity contribution in [3.05, 3.63) is 84.2 Å². The standard InChI is InChI=1S/C26H29N5O2/c1-26(2,3)33-25(32)31-16-14-30(15-17-31)23-19-27-22(18-28-23)29-24(20-10-6-4-7-11-20)21-12-8-5-9-13-21/h4-13,18-19H,14-17H2,1-3H3. The van der Waals surface area contributed by atoms with Gasteiger partial charge in [0.1, 0.15) is 11.4 Å². The lowest BCUT2D eigenvalue weighted by molar-refractivity contribution is 0.0240. The molecule has 1 aromatic heterocycles. The predicted octanol–water partition coefficient (Wildman–Crippen LogP) is 4.70. The van der Waals surface area contributed by atoms with Crippen molar-refractivity contribution in [2.45, 2.75) is 26.4 Å². The minimum atomic E-state index is -0.492. The molecule has 7 heteroatoms. The number of benzene rings is 2. The lowest BCUT2D eigenvalue weighted by atomic mass is 10.0. The summed E-state index contributed by atoms with van der Waals surface area (Å²) >= 11 is 0. The first-order valence-electron chi connectivity index (χ1n) is 11.1. The lowest BCUT2D eigenvalue weighted by Gasteiger charge is -2.36. The Hall–Kier alpha value is -3.74. The van der Waals surface area contributed by atoms with Crippen LogP contribution in [0.25, 0.3) is 0 Å². The zero-order valence-electron chi connectivity index (χ0n) is 19.3. The largest absolute Gasteiger partial charge is 0.444 e. The molecular formula is C26H29N5O2. The van der Waals surface area contributed by atoms with E-state index in [0.717, 1.165) is 22.7 Å². The third-order valence-corrected chi connectivity index (χ3v) is 5.20. The fourth-order valence-corrected chi connectivity index (χ4v) is 3.58. The van der Waals surface area contributed by atoms with Crippen LogP contribution < -0.4 is 4.90 Å². The minimum Gasteiger partial charge on any atom is -0.444 e. The van der Waals surface area contributed by atoms with E-state index < -0.39 is 5.60 Å². The quantitative estimate of drug-likeness (QED) is 0.547. The molecule has 0 aliphatic carbocycles. The maximum Gasteiger partial charge on any atom is 0.410 e. The number of aromatic nitrogens is 2. The Morgan fingerprint density at radius 3 is 1.91 bits per heavy atom. The summed E-state index contributed by atoms with van der Waals surface area (Å²) in [5, 5.41) is 0. The molecule has 1 amide bonds. The van der Waals surface area contributed by atoms with Gasteiger partial charge in [-0.3, -0.25) is 0 Å². The first-order valence-corrected chi connectivity index (χ1v) is 11.1. The summed E-state index contributed by atoms with van der Waals surface area (Å²) in [6, 6.07) is 20.1. The summed E-state index contributed by atoms with van der Waals surface area (Å²) in [6.07, 6.45) is 3.17. The van der Waals surface area contributed by atoms with E-state index in [-0.39, 0.29) is 6.09 Å². The van der Waals surface area contributed by atoms with Crippen molar-refractivity contribution in [2.24, 2.45) is 4.99 Å². The van der Waals surface area contributed by atoms with Gasteiger partial charge in [0.2, 0.25) is 0 Å². The van der Waals surface area contributed by atoms with E-state index in [0.29, 0.717) is 32.0 Å². The molecule has 33 heavy (non-hydrogen) atoms. The van der Waals surface area contributed by atoms with Crippen molar-refractivity contribution in [3.63, 3.8) is 0 Å². The molecule has 170 valence electrons. The molecule has 0 saturated carbocycles. The third kappa shape index (κ3) is 5.94. The molecule has 0 atom stereocenters. The number of ether oxygens (including phenoxy) is 1. The molecular weight excluding hydrogens is 414 g/mol. The number of rotatable bonds is 4. The zero-order chi connectivity index (χ0) is 23.3. The number of hydrogen-bond acceptors (Lipinski definition) is 6. The number of aliphatic imine (C=N–C) groups is 1. The van der Waals surface area contributed by atoms with Crippen LogP contribution >= 0.6 is 0 Å². The van der Waals surface area contributed by atoms with E-state index in [1.807, 2.05) is 81.4 Å². The SMILES string of the molecule is CC(C)(C)OC(=O)N1CCN(c2cnc(N=C(c3ccccc3)c3ccccc3)cn2)CC1. The molecule has 1 aliphatic heterocycles. The number of hydrogen-bond donors (Lipinski definition) is 0. The van der Waals surface area contributed by atoms with Crippen molar-refractivity contribution >= 4 is 23.4 Å². The number of carbonyl (C=O) groups is 1. The summed E-state index contributed by atoms with van der Waals surface area (Å²) in [5.74, 6) is 1.33. The van der Waals surface area contributed by atoms with E-state index in [9.17, 15) is 4.79 Å². The molecule has 2 heterocycles. The maximum absolute atomic E-state index is 12.3. The fourth-order valence-electron chi connectivity index (χ4n) is 3.58. The predicted molar refractivity (Wildman–Crippen MR) is 130 cm³/mol. The number of nitrogens with zero attached hydrogens (tertiary/aromatic N) is 5. The van der Waals surface area contributed by atoms with Gasteiger partial charge in [-0.25, -0.2) is 19.8 Å². The molecule has 0 unspecified atom stereocenters. The van der Waals surface area contributed by atoms with Gasteiger partial charge >= 0.3 is 6.09 Å². The monoisotopic (exact) mass is 443 g/mol. The van der Waals surface area contributed by atoms with Gasteiger partial charge in [-0.15, -0.1) is 0 Å². The molecule has 3 aromatic rings. The van der Waals surface area contributed by atoms with Crippen molar-refractivity contribution in [3.8, 4) is 0 Å². The van der Waals surface area contributed by atoms with Gasteiger partial charge < -0.3 is 14.5 Å². The summed E-state index contributed by atoms with van der Waals surface area (Å²) < 4.78 is 5.47. The second-order valence-electron chi connectivity index (χ2n) is 8.88. The summed E-state index contributed by atoms with van der Waals surface area (Å²) in [6.45, 7) is 8.16. The van der Waals surface area contributed by atoms with E-state index in [1.165, 1.54) is 0 Å². The topological polar surface area (TPSA) is 70.9 Å². The van der Waals surface area contributed by atoms with Crippen LogP contribution in [-0.4, -0.2) is 58.5 Å². The van der Waals surface area contributed by atoms with Crippen molar-refractivity contribution in [2.75, 3.05) is 31.1 Å².